The first-order chi connectivity index (χ1) is 5.56. The predicted molar refractivity (Wildman–Crippen MR) is 45.7 cm³/mol. The molecule has 0 bridgehead atoms. The van der Waals surface area contributed by atoms with Gasteiger partial charge in [0.15, 0.2) is 0 Å². The van der Waals surface area contributed by atoms with Crippen LogP contribution < -0.4 is 0 Å². The fourth-order valence-corrected chi connectivity index (χ4v) is 2.54. The van der Waals surface area contributed by atoms with E-state index in [0.29, 0.717) is 11.8 Å². The van der Waals surface area contributed by atoms with Crippen LogP contribution in [0.25, 0.3) is 0 Å². The molecular weight excluding hydrogens is 152 g/mol. The summed E-state index contributed by atoms with van der Waals surface area (Å²) in [6.45, 7) is 3.98. The molecule has 1 saturated carbocycles. The molecular formula is C10H14O2. The molecule has 0 radical (unpaired) electrons. The normalized spacial score (nSPS) is 44.7. The quantitative estimate of drug-likeness (QED) is 0.605. The van der Waals surface area contributed by atoms with E-state index in [2.05, 4.69) is 13.0 Å². The molecule has 3 atom stereocenters. The van der Waals surface area contributed by atoms with Crippen LogP contribution in [0.5, 0.6) is 0 Å². The van der Waals surface area contributed by atoms with Crippen molar-refractivity contribution in [2.24, 2.45) is 17.3 Å². The minimum Gasteiger partial charge on any atom is -0.481 e. The van der Waals surface area contributed by atoms with E-state index in [1.807, 2.05) is 6.92 Å². The largest absolute Gasteiger partial charge is 0.481 e. The lowest BCUT2D eigenvalue weighted by atomic mass is 10.0. The second-order valence-corrected chi connectivity index (χ2v) is 4.29. The zero-order valence-corrected chi connectivity index (χ0v) is 7.50. The maximum absolute atomic E-state index is 10.9. The molecule has 0 saturated heterocycles. The van der Waals surface area contributed by atoms with Crippen molar-refractivity contribution in [1.29, 1.82) is 0 Å². The fourth-order valence-electron chi connectivity index (χ4n) is 2.54. The Morgan fingerprint density at radius 3 is 2.83 bits per heavy atom. The minimum absolute atomic E-state index is 0.408. The molecule has 2 rings (SSSR count). The summed E-state index contributed by atoms with van der Waals surface area (Å²) in [7, 11) is 0. The number of hydrogen-bond donors (Lipinski definition) is 1. The van der Waals surface area contributed by atoms with Crippen LogP contribution in [0.3, 0.4) is 0 Å². The molecule has 0 aromatic rings. The van der Waals surface area contributed by atoms with Crippen molar-refractivity contribution in [2.75, 3.05) is 0 Å². The second kappa shape index (κ2) is 2.12. The molecule has 0 spiro atoms. The first-order valence-corrected chi connectivity index (χ1v) is 4.46. The van der Waals surface area contributed by atoms with Crippen molar-refractivity contribution in [3.05, 3.63) is 11.6 Å². The van der Waals surface area contributed by atoms with Crippen molar-refractivity contribution < 1.29 is 9.90 Å². The Kier molecular flexibility index (Phi) is 1.39. The second-order valence-electron chi connectivity index (χ2n) is 4.29. The van der Waals surface area contributed by atoms with Crippen LogP contribution in [0.15, 0.2) is 11.6 Å². The first-order valence-electron chi connectivity index (χ1n) is 4.46. The average molecular weight is 166 g/mol. The third-order valence-electron chi connectivity index (χ3n) is 3.64. The topological polar surface area (TPSA) is 37.3 Å². The lowest BCUT2D eigenvalue weighted by Gasteiger charge is -2.04. The van der Waals surface area contributed by atoms with Gasteiger partial charge in [-0.25, -0.2) is 0 Å². The predicted octanol–water partition coefficient (Wildman–Crippen LogP) is 2.06. The van der Waals surface area contributed by atoms with E-state index in [1.54, 1.807) is 0 Å². The summed E-state index contributed by atoms with van der Waals surface area (Å²) in [5.74, 6) is 0.222. The summed E-state index contributed by atoms with van der Waals surface area (Å²) >= 11 is 0. The fraction of sp³-hybridized carbons (Fsp3) is 0.700. The first kappa shape index (κ1) is 7.84. The summed E-state index contributed by atoms with van der Waals surface area (Å²) in [6, 6.07) is 0. The van der Waals surface area contributed by atoms with Gasteiger partial charge in [0.05, 0.1) is 5.41 Å². The van der Waals surface area contributed by atoms with Crippen molar-refractivity contribution in [2.45, 2.75) is 26.7 Å². The molecule has 0 amide bonds. The molecule has 2 aliphatic carbocycles. The molecule has 1 unspecified atom stereocenters. The Morgan fingerprint density at radius 1 is 1.67 bits per heavy atom. The molecule has 2 nitrogen and oxygen atoms in total. The Hall–Kier alpha value is -0.790. The van der Waals surface area contributed by atoms with E-state index in [1.165, 1.54) is 5.57 Å². The molecule has 66 valence electrons. The summed E-state index contributed by atoms with van der Waals surface area (Å²) in [4.78, 5) is 10.9. The van der Waals surface area contributed by atoms with Crippen LogP contribution in [0.2, 0.25) is 0 Å². The molecule has 12 heavy (non-hydrogen) atoms. The number of carboxylic acids is 1. The van der Waals surface area contributed by atoms with Crippen LogP contribution in [-0.2, 0) is 4.79 Å². The maximum atomic E-state index is 10.9. The molecule has 2 heteroatoms. The van der Waals surface area contributed by atoms with Gasteiger partial charge in [-0.1, -0.05) is 11.6 Å². The van der Waals surface area contributed by atoms with E-state index >= 15 is 0 Å². The number of rotatable bonds is 1. The van der Waals surface area contributed by atoms with Gasteiger partial charge < -0.3 is 5.11 Å². The van der Waals surface area contributed by atoms with Crippen molar-refractivity contribution in [3.8, 4) is 0 Å². The van der Waals surface area contributed by atoms with Crippen molar-refractivity contribution in [3.63, 3.8) is 0 Å². The van der Waals surface area contributed by atoms with Gasteiger partial charge in [0.1, 0.15) is 0 Å². The van der Waals surface area contributed by atoms with Gasteiger partial charge in [0.2, 0.25) is 0 Å². The van der Waals surface area contributed by atoms with Gasteiger partial charge in [0, 0.05) is 0 Å². The average Bonchev–Trinajstić information content (AvgIpc) is 2.58. The summed E-state index contributed by atoms with van der Waals surface area (Å²) < 4.78 is 0. The molecule has 2 aliphatic rings. The van der Waals surface area contributed by atoms with Crippen LogP contribution >= 0.6 is 0 Å². The van der Waals surface area contributed by atoms with E-state index in [0.717, 1.165) is 12.8 Å². The third-order valence-corrected chi connectivity index (χ3v) is 3.64. The van der Waals surface area contributed by atoms with Gasteiger partial charge in [0.25, 0.3) is 0 Å². The Labute approximate surface area is 72.3 Å². The molecule has 1 fully saturated rings. The molecule has 1 N–H and O–H groups in total. The van der Waals surface area contributed by atoms with Gasteiger partial charge in [-0.2, -0.15) is 0 Å². The van der Waals surface area contributed by atoms with Gasteiger partial charge in [-0.05, 0) is 38.5 Å². The Morgan fingerprint density at radius 2 is 2.33 bits per heavy atom. The van der Waals surface area contributed by atoms with E-state index in [4.69, 9.17) is 5.11 Å². The highest BCUT2D eigenvalue weighted by Gasteiger charge is 2.66. The van der Waals surface area contributed by atoms with E-state index in [-0.39, 0.29) is 0 Å². The lowest BCUT2D eigenvalue weighted by molar-refractivity contribution is -0.143. The van der Waals surface area contributed by atoms with Crippen LogP contribution in [0.4, 0.5) is 0 Å². The zero-order chi connectivity index (χ0) is 8.93. The number of hydrogen-bond acceptors (Lipinski definition) is 1. The number of fused-ring (bicyclic) bond motifs is 1. The standard InChI is InChI=1S/C10H14O2/c1-6-3-4-7-8(5-6)10(7,2)9(11)12/h3,7-8H,4-5H2,1-2H3,(H,11,12)/t7-,8+,10?/m1/s1. The monoisotopic (exact) mass is 166 g/mol. The van der Waals surface area contributed by atoms with Crippen LogP contribution in [0, 0.1) is 17.3 Å². The van der Waals surface area contributed by atoms with Crippen molar-refractivity contribution >= 4 is 5.97 Å². The maximum Gasteiger partial charge on any atom is 0.309 e. The SMILES string of the molecule is CC1=CC[C@@H]2[C@H](C1)C2(C)C(=O)O. The summed E-state index contributed by atoms with van der Waals surface area (Å²) in [5, 5.41) is 9.01. The zero-order valence-electron chi connectivity index (χ0n) is 7.50. The smallest absolute Gasteiger partial charge is 0.309 e. The highest BCUT2D eigenvalue weighted by molar-refractivity contribution is 5.79. The highest BCUT2D eigenvalue weighted by atomic mass is 16.4. The molecule has 0 aromatic heterocycles. The third kappa shape index (κ3) is 0.780. The van der Waals surface area contributed by atoms with Crippen LogP contribution in [0.1, 0.15) is 26.7 Å². The number of aliphatic carboxylic acids is 1. The summed E-state index contributed by atoms with van der Waals surface area (Å²) in [5.41, 5.74) is 0.954. The number of allylic oxidation sites excluding steroid dienone is 2. The number of carbonyl (C=O) groups is 1. The molecule has 0 aliphatic heterocycles. The Balaban J connectivity index is 2.17. The lowest BCUT2D eigenvalue weighted by Crippen LogP contribution is -2.14. The van der Waals surface area contributed by atoms with E-state index < -0.39 is 11.4 Å². The number of carboxylic acid groups (broad SMARTS) is 1. The Bertz CT molecular complexity index is 267. The van der Waals surface area contributed by atoms with Crippen molar-refractivity contribution in [1.82, 2.24) is 0 Å². The van der Waals surface area contributed by atoms with E-state index in [9.17, 15) is 4.79 Å². The van der Waals surface area contributed by atoms with Gasteiger partial charge >= 0.3 is 5.97 Å². The van der Waals surface area contributed by atoms with Gasteiger partial charge in [-0.15, -0.1) is 0 Å². The summed E-state index contributed by atoms with van der Waals surface area (Å²) in [6.07, 6.45) is 4.15. The highest BCUT2D eigenvalue weighted by Crippen LogP contribution is 2.64. The van der Waals surface area contributed by atoms with Gasteiger partial charge in [-0.3, -0.25) is 4.79 Å². The minimum atomic E-state index is -0.611. The molecule has 0 heterocycles. The van der Waals surface area contributed by atoms with Crippen LogP contribution in [-0.4, -0.2) is 11.1 Å². The molecule has 0 aromatic carbocycles.